The second-order valence-corrected chi connectivity index (χ2v) is 5.61. The molecule has 0 aromatic heterocycles. The Balaban J connectivity index is 2.11. The summed E-state index contributed by atoms with van der Waals surface area (Å²) in [5.41, 5.74) is 6.82. The maximum Gasteiger partial charge on any atom is 0.229 e. The fourth-order valence-electron chi connectivity index (χ4n) is 3.06. The number of benzene rings is 1. The van der Waals surface area contributed by atoms with Gasteiger partial charge in [0.05, 0.1) is 5.92 Å². The summed E-state index contributed by atoms with van der Waals surface area (Å²) in [6, 6.07) is 8.24. The average molecular weight is 290 g/mol. The van der Waals surface area contributed by atoms with E-state index in [4.69, 9.17) is 10.5 Å². The van der Waals surface area contributed by atoms with Crippen LogP contribution in [0.1, 0.15) is 32.3 Å². The topological polar surface area (TPSA) is 55.6 Å². The Bertz CT molecular complexity index is 472. The zero-order valence-electron chi connectivity index (χ0n) is 13.0. The van der Waals surface area contributed by atoms with Gasteiger partial charge in [-0.25, -0.2) is 0 Å². The average Bonchev–Trinajstić information content (AvgIpc) is 2.54. The molecule has 1 aromatic carbocycles. The highest BCUT2D eigenvalue weighted by atomic mass is 16.5. The second-order valence-electron chi connectivity index (χ2n) is 5.61. The number of ether oxygens (including phenoxy) is 1. The van der Waals surface area contributed by atoms with Crippen molar-refractivity contribution in [2.45, 2.75) is 39.2 Å². The number of para-hydroxylation sites is 1. The molecular formula is C17H26N2O2. The van der Waals surface area contributed by atoms with E-state index >= 15 is 0 Å². The summed E-state index contributed by atoms with van der Waals surface area (Å²) in [4.78, 5) is 14.8. The first-order valence-electron chi connectivity index (χ1n) is 7.92. The van der Waals surface area contributed by atoms with Crippen LogP contribution in [0.5, 0.6) is 5.75 Å². The summed E-state index contributed by atoms with van der Waals surface area (Å²) in [5.74, 6) is 1.00. The fraction of sp³-hybridized carbons (Fsp3) is 0.588. The van der Waals surface area contributed by atoms with E-state index in [2.05, 4.69) is 13.8 Å². The van der Waals surface area contributed by atoms with Crippen molar-refractivity contribution in [1.29, 1.82) is 0 Å². The summed E-state index contributed by atoms with van der Waals surface area (Å²) in [7, 11) is 0. The number of carbonyl (C=O) groups is 1. The van der Waals surface area contributed by atoms with Crippen LogP contribution in [0.25, 0.3) is 0 Å². The third-order valence-corrected chi connectivity index (χ3v) is 4.26. The van der Waals surface area contributed by atoms with Gasteiger partial charge >= 0.3 is 0 Å². The van der Waals surface area contributed by atoms with Crippen LogP contribution in [0.2, 0.25) is 0 Å². The lowest BCUT2D eigenvalue weighted by Gasteiger charge is -2.35. The first-order chi connectivity index (χ1) is 10.2. The molecule has 2 rings (SSSR count). The molecule has 1 aliphatic rings. The minimum atomic E-state index is -0.0907. The molecule has 0 aliphatic carbocycles. The normalized spacial score (nSPS) is 17.2. The molecule has 21 heavy (non-hydrogen) atoms. The molecule has 1 amide bonds. The molecule has 0 fully saturated rings. The molecule has 0 saturated carbocycles. The summed E-state index contributed by atoms with van der Waals surface area (Å²) in [6.07, 6.45) is 2.69. The van der Waals surface area contributed by atoms with E-state index in [1.165, 1.54) is 0 Å². The highest BCUT2D eigenvalue weighted by Crippen LogP contribution is 2.28. The van der Waals surface area contributed by atoms with Gasteiger partial charge in [-0.05, 0) is 30.9 Å². The van der Waals surface area contributed by atoms with Gasteiger partial charge in [-0.1, -0.05) is 32.0 Å². The number of nitrogens with zero attached hydrogens (tertiary/aromatic N) is 1. The molecule has 0 spiro atoms. The fourth-order valence-corrected chi connectivity index (χ4v) is 3.06. The van der Waals surface area contributed by atoms with Crippen molar-refractivity contribution in [3.05, 3.63) is 29.8 Å². The zero-order chi connectivity index (χ0) is 15.2. The third-order valence-electron chi connectivity index (χ3n) is 4.26. The van der Waals surface area contributed by atoms with Gasteiger partial charge in [-0.2, -0.15) is 0 Å². The van der Waals surface area contributed by atoms with Crippen LogP contribution in [0.3, 0.4) is 0 Å². The minimum absolute atomic E-state index is 0.0907. The van der Waals surface area contributed by atoms with E-state index in [0.717, 1.165) is 30.6 Å². The van der Waals surface area contributed by atoms with Gasteiger partial charge < -0.3 is 15.4 Å². The highest BCUT2D eigenvalue weighted by molar-refractivity contribution is 5.80. The molecular weight excluding hydrogens is 264 g/mol. The standard InChI is InChI=1S/C17H26N2O2/c1-3-15(4-2)19(10-9-18)17(20)14-11-13-7-5-6-8-16(13)21-12-14/h5-8,14-15H,3-4,9-12,18H2,1-2H3. The number of amides is 1. The second kappa shape index (κ2) is 7.46. The molecule has 4 heteroatoms. The van der Waals surface area contributed by atoms with Gasteiger partial charge in [-0.15, -0.1) is 0 Å². The van der Waals surface area contributed by atoms with Crippen LogP contribution in [0.15, 0.2) is 24.3 Å². The first-order valence-corrected chi connectivity index (χ1v) is 7.92. The van der Waals surface area contributed by atoms with Crippen LogP contribution in [0.4, 0.5) is 0 Å². The number of hydrogen-bond donors (Lipinski definition) is 1. The van der Waals surface area contributed by atoms with Crippen LogP contribution >= 0.6 is 0 Å². The van der Waals surface area contributed by atoms with E-state index < -0.39 is 0 Å². The van der Waals surface area contributed by atoms with E-state index in [0.29, 0.717) is 19.7 Å². The van der Waals surface area contributed by atoms with Gasteiger partial charge in [0.25, 0.3) is 0 Å². The molecule has 1 atom stereocenters. The number of carbonyl (C=O) groups excluding carboxylic acids is 1. The molecule has 0 saturated heterocycles. The number of fused-ring (bicyclic) bond motifs is 1. The van der Waals surface area contributed by atoms with Gasteiger partial charge in [0.2, 0.25) is 5.91 Å². The molecule has 1 heterocycles. The van der Waals surface area contributed by atoms with Crippen LogP contribution in [0, 0.1) is 5.92 Å². The predicted octanol–water partition coefficient (Wildman–Crippen LogP) is 2.21. The molecule has 0 bridgehead atoms. The number of hydrogen-bond acceptors (Lipinski definition) is 3. The maximum absolute atomic E-state index is 12.8. The Morgan fingerprint density at radius 1 is 1.38 bits per heavy atom. The SMILES string of the molecule is CCC(CC)N(CCN)C(=O)C1COc2ccccc2C1. The van der Waals surface area contributed by atoms with Crippen LogP contribution < -0.4 is 10.5 Å². The first kappa shape index (κ1) is 15.8. The van der Waals surface area contributed by atoms with Crippen molar-refractivity contribution in [1.82, 2.24) is 4.90 Å². The lowest BCUT2D eigenvalue weighted by Crippen LogP contribution is -2.48. The van der Waals surface area contributed by atoms with Gasteiger partial charge in [0.15, 0.2) is 0 Å². The van der Waals surface area contributed by atoms with Gasteiger partial charge in [0, 0.05) is 19.1 Å². The predicted molar refractivity (Wildman–Crippen MR) is 84.3 cm³/mol. The van der Waals surface area contributed by atoms with Crippen molar-refractivity contribution in [2.24, 2.45) is 11.7 Å². The van der Waals surface area contributed by atoms with E-state index in [-0.39, 0.29) is 17.9 Å². The van der Waals surface area contributed by atoms with Crippen LogP contribution in [-0.4, -0.2) is 36.5 Å². The molecule has 1 aliphatic heterocycles. The molecule has 116 valence electrons. The van der Waals surface area contributed by atoms with Gasteiger partial charge in [-0.3, -0.25) is 4.79 Å². The zero-order valence-corrected chi connectivity index (χ0v) is 13.0. The minimum Gasteiger partial charge on any atom is -0.492 e. The van der Waals surface area contributed by atoms with Crippen molar-refractivity contribution >= 4 is 5.91 Å². The molecule has 4 nitrogen and oxygen atoms in total. The maximum atomic E-state index is 12.8. The Morgan fingerprint density at radius 2 is 2.10 bits per heavy atom. The third kappa shape index (κ3) is 3.56. The molecule has 1 unspecified atom stereocenters. The van der Waals surface area contributed by atoms with E-state index in [1.807, 2.05) is 29.2 Å². The lowest BCUT2D eigenvalue weighted by molar-refractivity contribution is -0.139. The largest absolute Gasteiger partial charge is 0.492 e. The Labute approximate surface area is 127 Å². The molecule has 1 aromatic rings. The number of rotatable bonds is 6. The monoisotopic (exact) mass is 290 g/mol. The van der Waals surface area contributed by atoms with Crippen molar-refractivity contribution < 1.29 is 9.53 Å². The smallest absolute Gasteiger partial charge is 0.229 e. The quantitative estimate of drug-likeness (QED) is 0.874. The van der Waals surface area contributed by atoms with Gasteiger partial charge in [0.1, 0.15) is 12.4 Å². The number of nitrogens with two attached hydrogens (primary N) is 1. The Hall–Kier alpha value is -1.55. The Morgan fingerprint density at radius 3 is 2.76 bits per heavy atom. The van der Waals surface area contributed by atoms with E-state index in [9.17, 15) is 4.79 Å². The lowest BCUT2D eigenvalue weighted by atomic mass is 9.94. The highest BCUT2D eigenvalue weighted by Gasteiger charge is 2.31. The summed E-state index contributed by atoms with van der Waals surface area (Å²) in [6.45, 7) is 5.85. The summed E-state index contributed by atoms with van der Waals surface area (Å²) in [5, 5.41) is 0. The van der Waals surface area contributed by atoms with Crippen molar-refractivity contribution in [3.63, 3.8) is 0 Å². The van der Waals surface area contributed by atoms with E-state index in [1.54, 1.807) is 0 Å². The van der Waals surface area contributed by atoms with Crippen molar-refractivity contribution in [2.75, 3.05) is 19.7 Å². The molecule has 0 radical (unpaired) electrons. The van der Waals surface area contributed by atoms with Crippen LogP contribution in [-0.2, 0) is 11.2 Å². The summed E-state index contributed by atoms with van der Waals surface area (Å²) < 4.78 is 5.75. The van der Waals surface area contributed by atoms with Crippen molar-refractivity contribution in [3.8, 4) is 5.75 Å². The molecule has 2 N–H and O–H groups in total. The Kier molecular flexibility index (Phi) is 5.62. The summed E-state index contributed by atoms with van der Waals surface area (Å²) >= 11 is 0.